The van der Waals surface area contributed by atoms with Crippen LogP contribution in [-0.4, -0.2) is 4.98 Å². The lowest BCUT2D eigenvalue weighted by atomic mass is 10.1. The van der Waals surface area contributed by atoms with Gasteiger partial charge in [0.1, 0.15) is 0 Å². The third-order valence-corrected chi connectivity index (χ3v) is 2.97. The minimum absolute atomic E-state index is 0.648. The molecule has 1 aromatic heterocycles. The number of hydrogen-bond donors (Lipinski definition) is 1. The zero-order valence-electron chi connectivity index (χ0n) is 7.62. The van der Waals surface area contributed by atoms with Gasteiger partial charge in [0.25, 0.3) is 0 Å². The molecular formula is C10H9ClN2S. The second-order valence-corrected chi connectivity index (χ2v) is 4.46. The lowest BCUT2D eigenvalue weighted by Crippen LogP contribution is -1.86. The van der Waals surface area contributed by atoms with Crippen LogP contribution in [0.5, 0.6) is 0 Å². The van der Waals surface area contributed by atoms with Gasteiger partial charge in [0.15, 0.2) is 0 Å². The number of aryl methyl sites for hydroxylation is 1. The predicted octanol–water partition coefficient (Wildman–Crippen LogP) is 3.35. The number of rotatable bonds is 1. The van der Waals surface area contributed by atoms with Crippen molar-refractivity contribution < 1.29 is 0 Å². The normalized spacial score (nSPS) is 10.4. The van der Waals surface area contributed by atoms with E-state index in [-0.39, 0.29) is 0 Å². The van der Waals surface area contributed by atoms with Crippen LogP contribution >= 0.6 is 22.9 Å². The van der Waals surface area contributed by atoms with E-state index in [1.807, 2.05) is 24.4 Å². The number of benzene rings is 1. The topological polar surface area (TPSA) is 38.9 Å². The average Bonchev–Trinajstić information content (AvgIpc) is 2.51. The summed E-state index contributed by atoms with van der Waals surface area (Å²) in [4.78, 5) is 4.36. The van der Waals surface area contributed by atoms with Crippen molar-refractivity contribution in [3.8, 4) is 11.3 Å². The lowest BCUT2D eigenvalue weighted by Gasteiger charge is -2.01. The Balaban J connectivity index is 2.52. The number of nitrogen functional groups attached to an aromatic ring is 1. The Morgan fingerprint density at radius 3 is 2.79 bits per heavy atom. The molecule has 0 aliphatic rings. The van der Waals surface area contributed by atoms with Gasteiger partial charge in [-0.25, -0.2) is 4.98 Å². The summed E-state index contributed by atoms with van der Waals surface area (Å²) in [6.07, 6.45) is 0. The lowest BCUT2D eigenvalue weighted by molar-refractivity contribution is 1.30. The van der Waals surface area contributed by atoms with Crippen molar-refractivity contribution in [3.05, 3.63) is 33.6 Å². The van der Waals surface area contributed by atoms with Crippen LogP contribution in [0.2, 0.25) is 5.02 Å². The maximum atomic E-state index is 6.06. The minimum Gasteiger partial charge on any atom is -0.399 e. The van der Waals surface area contributed by atoms with Crippen molar-refractivity contribution in [1.82, 2.24) is 4.98 Å². The van der Waals surface area contributed by atoms with Gasteiger partial charge in [-0.2, -0.15) is 0 Å². The van der Waals surface area contributed by atoms with Crippen LogP contribution in [0.1, 0.15) is 5.01 Å². The van der Waals surface area contributed by atoms with Crippen LogP contribution in [0.15, 0.2) is 23.6 Å². The van der Waals surface area contributed by atoms with Crippen molar-refractivity contribution in [1.29, 1.82) is 0 Å². The van der Waals surface area contributed by atoms with Crippen molar-refractivity contribution in [2.24, 2.45) is 0 Å². The third kappa shape index (κ3) is 1.74. The summed E-state index contributed by atoms with van der Waals surface area (Å²) in [6.45, 7) is 1.97. The van der Waals surface area contributed by atoms with E-state index < -0.39 is 0 Å². The first kappa shape index (κ1) is 9.49. The van der Waals surface area contributed by atoms with Gasteiger partial charge in [-0.3, -0.25) is 0 Å². The van der Waals surface area contributed by atoms with Crippen LogP contribution in [-0.2, 0) is 0 Å². The van der Waals surface area contributed by atoms with Gasteiger partial charge >= 0.3 is 0 Å². The molecule has 1 heterocycles. The fraction of sp³-hybridized carbons (Fsp3) is 0.100. The number of anilines is 1. The van der Waals surface area contributed by atoms with Gasteiger partial charge in [-0.1, -0.05) is 11.6 Å². The monoisotopic (exact) mass is 224 g/mol. The first-order chi connectivity index (χ1) is 6.66. The summed E-state index contributed by atoms with van der Waals surface area (Å²) in [5.74, 6) is 0. The molecule has 0 bridgehead atoms. The molecule has 0 aliphatic carbocycles. The molecule has 2 rings (SSSR count). The minimum atomic E-state index is 0.648. The van der Waals surface area contributed by atoms with E-state index in [1.54, 1.807) is 17.4 Å². The zero-order chi connectivity index (χ0) is 10.1. The van der Waals surface area contributed by atoms with Crippen LogP contribution in [0, 0.1) is 6.92 Å². The number of hydrogen-bond acceptors (Lipinski definition) is 3. The first-order valence-electron chi connectivity index (χ1n) is 4.14. The van der Waals surface area contributed by atoms with Gasteiger partial charge in [0, 0.05) is 16.6 Å². The number of nitrogens with two attached hydrogens (primary N) is 1. The van der Waals surface area contributed by atoms with Gasteiger partial charge in [-0.05, 0) is 25.1 Å². The summed E-state index contributed by atoms with van der Waals surface area (Å²) >= 11 is 7.67. The van der Waals surface area contributed by atoms with E-state index in [4.69, 9.17) is 17.3 Å². The number of aromatic nitrogens is 1. The molecule has 2 N–H and O–H groups in total. The third-order valence-electron chi connectivity index (χ3n) is 1.89. The Bertz CT molecular complexity index is 465. The van der Waals surface area contributed by atoms with E-state index >= 15 is 0 Å². The quantitative estimate of drug-likeness (QED) is 0.755. The van der Waals surface area contributed by atoms with Crippen LogP contribution < -0.4 is 5.73 Å². The molecule has 0 fully saturated rings. The van der Waals surface area contributed by atoms with Crippen molar-refractivity contribution in [2.45, 2.75) is 6.92 Å². The second-order valence-electron chi connectivity index (χ2n) is 2.99. The molecule has 0 atom stereocenters. The van der Waals surface area contributed by atoms with E-state index in [0.29, 0.717) is 10.7 Å². The summed E-state index contributed by atoms with van der Waals surface area (Å²) in [6, 6.07) is 5.47. The average molecular weight is 225 g/mol. The highest BCUT2D eigenvalue weighted by molar-refractivity contribution is 7.09. The molecule has 1 aromatic carbocycles. The SMILES string of the molecule is Cc1nc(-c2ccc(N)cc2Cl)cs1. The number of halogens is 1. The van der Waals surface area contributed by atoms with E-state index in [9.17, 15) is 0 Å². The van der Waals surface area contributed by atoms with Crippen molar-refractivity contribution in [3.63, 3.8) is 0 Å². The standard InChI is InChI=1S/C10H9ClN2S/c1-6-13-10(5-14-6)8-3-2-7(12)4-9(8)11/h2-5H,12H2,1H3. The molecule has 0 aliphatic heterocycles. The predicted molar refractivity (Wildman–Crippen MR) is 61.7 cm³/mol. The summed E-state index contributed by atoms with van der Waals surface area (Å²) in [5.41, 5.74) is 8.13. The molecule has 0 amide bonds. The van der Waals surface area contributed by atoms with Gasteiger partial charge in [0.2, 0.25) is 0 Å². The van der Waals surface area contributed by atoms with Crippen molar-refractivity contribution >= 4 is 28.6 Å². The summed E-state index contributed by atoms with van der Waals surface area (Å²) < 4.78 is 0. The molecule has 4 heteroatoms. The van der Waals surface area contributed by atoms with E-state index in [0.717, 1.165) is 16.3 Å². The highest BCUT2D eigenvalue weighted by Crippen LogP contribution is 2.29. The van der Waals surface area contributed by atoms with Crippen LogP contribution in [0.25, 0.3) is 11.3 Å². The molecule has 0 unspecified atom stereocenters. The number of thiazole rings is 1. The zero-order valence-corrected chi connectivity index (χ0v) is 9.19. The molecule has 0 saturated heterocycles. The summed E-state index contributed by atoms with van der Waals surface area (Å²) in [5, 5.41) is 3.68. The fourth-order valence-electron chi connectivity index (χ4n) is 1.23. The van der Waals surface area contributed by atoms with Crippen LogP contribution in [0.4, 0.5) is 5.69 Å². The first-order valence-corrected chi connectivity index (χ1v) is 5.40. The highest BCUT2D eigenvalue weighted by Gasteiger charge is 2.06. The Hall–Kier alpha value is -1.06. The molecule has 2 nitrogen and oxygen atoms in total. The maximum absolute atomic E-state index is 6.06. The summed E-state index contributed by atoms with van der Waals surface area (Å²) in [7, 11) is 0. The Morgan fingerprint density at radius 2 is 2.21 bits per heavy atom. The Labute approximate surface area is 91.4 Å². The van der Waals surface area contributed by atoms with Gasteiger partial charge < -0.3 is 5.73 Å². The van der Waals surface area contributed by atoms with E-state index in [1.165, 1.54) is 0 Å². The van der Waals surface area contributed by atoms with Crippen LogP contribution in [0.3, 0.4) is 0 Å². The van der Waals surface area contributed by atoms with E-state index in [2.05, 4.69) is 4.98 Å². The molecular weight excluding hydrogens is 216 g/mol. The Kier molecular flexibility index (Phi) is 2.44. The largest absolute Gasteiger partial charge is 0.399 e. The molecule has 72 valence electrons. The Morgan fingerprint density at radius 1 is 1.43 bits per heavy atom. The fourth-order valence-corrected chi connectivity index (χ4v) is 2.12. The second kappa shape index (κ2) is 3.59. The maximum Gasteiger partial charge on any atom is 0.0901 e. The molecule has 0 spiro atoms. The molecule has 0 radical (unpaired) electrons. The van der Waals surface area contributed by atoms with Gasteiger partial charge in [-0.15, -0.1) is 11.3 Å². The number of nitrogens with zero attached hydrogens (tertiary/aromatic N) is 1. The molecule has 0 saturated carbocycles. The molecule has 14 heavy (non-hydrogen) atoms. The molecule has 2 aromatic rings. The van der Waals surface area contributed by atoms with Crippen molar-refractivity contribution in [2.75, 3.05) is 5.73 Å². The smallest absolute Gasteiger partial charge is 0.0901 e. The highest BCUT2D eigenvalue weighted by atomic mass is 35.5. The van der Waals surface area contributed by atoms with Gasteiger partial charge in [0.05, 0.1) is 15.7 Å².